The molecule has 96 valence electrons. The normalized spacial score (nSPS) is 17.6. The molecule has 1 saturated heterocycles. The molecule has 0 unspecified atom stereocenters. The predicted octanol–water partition coefficient (Wildman–Crippen LogP) is 2.41. The summed E-state index contributed by atoms with van der Waals surface area (Å²) < 4.78 is 5.54. The van der Waals surface area contributed by atoms with E-state index in [1.807, 2.05) is 0 Å². The Morgan fingerprint density at radius 3 is 2.94 bits per heavy atom. The molecular formula is C13H23N3O. The third-order valence-electron chi connectivity index (χ3n) is 3.33. The molecule has 4 nitrogen and oxygen atoms in total. The van der Waals surface area contributed by atoms with Crippen LogP contribution in [0.1, 0.15) is 38.8 Å². The average molecular weight is 237 g/mol. The Bertz CT molecular complexity index is 329. The molecule has 0 spiro atoms. The van der Waals surface area contributed by atoms with Gasteiger partial charge in [0, 0.05) is 19.6 Å². The van der Waals surface area contributed by atoms with Crippen molar-refractivity contribution in [1.82, 2.24) is 10.3 Å². The number of oxazole rings is 1. The summed E-state index contributed by atoms with van der Waals surface area (Å²) >= 11 is 0. The smallest absolute Gasteiger partial charge is 0.297 e. The number of anilines is 1. The maximum atomic E-state index is 5.54. The van der Waals surface area contributed by atoms with E-state index in [0.717, 1.165) is 50.2 Å². The van der Waals surface area contributed by atoms with E-state index < -0.39 is 0 Å². The number of nitrogens with zero attached hydrogens (tertiary/aromatic N) is 2. The molecule has 4 heteroatoms. The van der Waals surface area contributed by atoms with Crippen LogP contribution >= 0.6 is 0 Å². The summed E-state index contributed by atoms with van der Waals surface area (Å²) in [5.74, 6) is 0.840. The lowest BCUT2D eigenvalue weighted by Gasteiger charge is -2.28. The molecule has 17 heavy (non-hydrogen) atoms. The highest BCUT2D eigenvalue weighted by molar-refractivity contribution is 5.27. The standard InChI is InChI=1S/C13H23N3O/c1-3-6-14-9-12-10-17-13(15-12)16-7-4-11(2)5-8-16/h10-11,14H,3-9H2,1-2H3. The Kier molecular flexibility index (Phi) is 4.42. The van der Waals surface area contributed by atoms with E-state index in [4.69, 9.17) is 4.42 Å². The molecule has 2 rings (SSSR count). The topological polar surface area (TPSA) is 41.3 Å². The Labute approximate surface area is 103 Å². The average Bonchev–Trinajstić information content (AvgIpc) is 2.79. The molecule has 2 heterocycles. The van der Waals surface area contributed by atoms with Gasteiger partial charge in [-0.15, -0.1) is 0 Å². The Morgan fingerprint density at radius 2 is 2.24 bits per heavy atom. The molecular weight excluding hydrogens is 214 g/mol. The van der Waals surface area contributed by atoms with Crippen molar-refractivity contribution in [1.29, 1.82) is 0 Å². The molecule has 0 aliphatic carbocycles. The van der Waals surface area contributed by atoms with Crippen LogP contribution in [0.4, 0.5) is 6.01 Å². The van der Waals surface area contributed by atoms with Crippen LogP contribution in [-0.4, -0.2) is 24.6 Å². The van der Waals surface area contributed by atoms with Crippen molar-refractivity contribution in [3.05, 3.63) is 12.0 Å². The van der Waals surface area contributed by atoms with Crippen LogP contribution in [0, 0.1) is 5.92 Å². The van der Waals surface area contributed by atoms with Crippen molar-refractivity contribution >= 4 is 6.01 Å². The first kappa shape index (κ1) is 12.4. The summed E-state index contributed by atoms with van der Waals surface area (Å²) in [5.41, 5.74) is 1.01. The third kappa shape index (κ3) is 3.46. The Morgan fingerprint density at radius 1 is 1.47 bits per heavy atom. The number of hydrogen-bond acceptors (Lipinski definition) is 4. The minimum Gasteiger partial charge on any atom is -0.432 e. The first-order valence-corrected chi connectivity index (χ1v) is 6.69. The van der Waals surface area contributed by atoms with Gasteiger partial charge in [-0.05, 0) is 31.7 Å². The largest absolute Gasteiger partial charge is 0.432 e. The summed E-state index contributed by atoms with van der Waals surface area (Å²) in [7, 11) is 0. The van der Waals surface area contributed by atoms with Crippen molar-refractivity contribution in [2.24, 2.45) is 5.92 Å². The highest BCUT2D eigenvalue weighted by atomic mass is 16.4. The zero-order valence-electron chi connectivity index (χ0n) is 10.9. The van der Waals surface area contributed by atoms with Gasteiger partial charge in [-0.1, -0.05) is 13.8 Å². The number of rotatable bonds is 5. The van der Waals surface area contributed by atoms with E-state index in [0.29, 0.717) is 0 Å². The number of piperidine rings is 1. The highest BCUT2D eigenvalue weighted by Gasteiger charge is 2.19. The van der Waals surface area contributed by atoms with Gasteiger partial charge in [-0.2, -0.15) is 4.98 Å². The fourth-order valence-corrected chi connectivity index (χ4v) is 2.12. The minimum absolute atomic E-state index is 0.796. The molecule has 0 aromatic carbocycles. The second kappa shape index (κ2) is 6.05. The van der Waals surface area contributed by atoms with Crippen molar-refractivity contribution in [2.45, 2.75) is 39.7 Å². The molecule has 1 aliphatic rings. The van der Waals surface area contributed by atoms with Crippen LogP contribution in [0.3, 0.4) is 0 Å². The highest BCUT2D eigenvalue weighted by Crippen LogP contribution is 2.22. The van der Waals surface area contributed by atoms with E-state index in [2.05, 4.69) is 29.0 Å². The van der Waals surface area contributed by atoms with Crippen LogP contribution in [0.25, 0.3) is 0 Å². The molecule has 0 radical (unpaired) electrons. The van der Waals surface area contributed by atoms with Gasteiger partial charge in [0.15, 0.2) is 0 Å². The van der Waals surface area contributed by atoms with Crippen LogP contribution in [0.2, 0.25) is 0 Å². The zero-order valence-corrected chi connectivity index (χ0v) is 10.9. The minimum atomic E-state index is 0.796. The monoisotopic (exact) mass is 237 g/mol. The number of nitrogens with one attached hydrogen (secondary N) is 1. The molecule has 0 bridgehead atoms. The van der Waals surface area contributed by atoms with E-state index in [1.54, 1.807) is 6.26 Å². The quantitative estimate of drug-likeness (QED) is 0.798. The van der Waals surface area contributed by atoms with Gasteiger partial charge in [-0.25, -0.2) is 0 Å². The summed E-state index contributed by atoms with van der Waals surface area (Å²) in [5, 5.41) is 3.33. The van der Waals surface area contributed by atoms with Gasteiger partial charge in [0.1, 0.15) is 6.26 Å². The lowest BCUT2D eigenvalue weighted by Crippen LogP contribution is -2.33. The molecule has 1 fully saturated rings. The first-order chi connectivity index (χ1) is 8.29. The second-order valence-corrected chi connectivity index (χ2v) is 4.97. The van der Waals surface area contributed by atoms with Gasteiger partial charge >= 0.3 is 0 Å². The SMILES string of the molecule is CCCNCc1coc(N2CCC(C)CC2)n1. The fraction of sp³-hybridized carbons (Fsp3) is 0.769. The van der Waals surface area contributed by atoms with Crippen LogP contribution in [-0.2, 0) is 6.54 Å². The maximum absolute atomic E-state index is 5.54. The summed E-state index contributed by atoms with van der Waals surface area (Å²) in [4.78, 5) is 6.78. The summed E-state index contributed by atoms with van der Waals surface area (Å²) in [6.07, 6.45) is 5.41. The van der Waals surface area contributed by atoms with E-state index in [-0.39, 0.29) is 0 Å². The molecule has 1 N–H and O–H groups in total. The fourth-order valence-electron chi connectivity index (χ4n) is 2.12. The zero-order chi connectivity index (χ0) is 12.1. The summed E-state index contributed by atoms with van der Waals surface area (Å²) in [6.45, 7) is 8.46. The Balaban J connectivity index is 1.85. The molecule has 0 amide bonds. The van der Waals surface area contributed by atoms with E-state index in [9.17, 15) is 0 Å². The van der Waals surface area contributed by atoms with E-state index in [1.165, 1.54) is 12.8 Å². The Hall–Kier alpha value is -1.03. The second-order valence-electron chi connectivity index (χ2n) is 4.97. The maximum Gasteiger partial charge on any atom is 0.297 e. The van der Waals surface area contributed by atoms with Crippen molar-refractivity contribution in [3.8, 4) is 0 Å². The summed E-state index contributed by atoms with van der Waals surface area (Å²) in [6, 6.07) is 0.796. The van der Waals surface area contributed by atoms with Gasteiger partial charge < -0.3 is 14.6 Å². The van der Waals surface area contributed by atoms with Gasteiger partial charge in [0.05, 0.1) is 5.69 Å². The predicted molar refractivity (Wildman–Crippen MR) is 69.1 cm³/mol. The van der Waals surface area contributed by atoms with Gasteiger partial charge in [0.25, 0.3) is 6.01 Å². The molecule has 1 aromatic rings. The molecule has 0 saturated carbocycles. The molecule has 1 aromatic heterocycles. The van der Waals surface area contributed by atoms with Crippen molar-refractivity contribution in [2.75, 3.05) is 24.5 Å². The van der Waals surface area contributed by atoms with Crippen LogP contribution in [0.15, 0.2) is 10.7 Å². The lowest BCUT2D eigenvalue weighted by atomic mass is 10.00. The van der Waals surface area contributed by atoms with Crippen molar-refractivity contribution in [3.63, 3.8) is 0 Å². The number of hydrogen-bond donors (Lipinski definition) is 1. The van der Waals surface area contributed by atoms with Gasteiger partial charge in [0.2, 0.25) is 0 Å². The third-order valence-corrected chi connectivity index (χ3v) is 3.33. The van der Waals surface area contributed by atoms with Crippen molar-refractivity contribution < 1.29 is 4.42 Å². The lowest BCUT2D eigenvalue weighted by molar-refractivity contribution is 0.413. The first-order valence-electron chi connectivity index (χ1n) is 6.69. The number of aromatic nitrogens is 1. The molecule has 1 aliphatic heterocycles. The molecule has 0 atom stereocenters. The van der Waals surface area contributed by atoms with Gasteiger partial charge in [-0.3, -0.25) is 0 Å². The van der Waals surface area contributed by atoms with E-state index >= 15 is 0 Å². The van der Waals surface area contributed by atoms with Crippen LogP contribution < -0.4 is 10.2 Å². The van der Waals surface area contributed by atoms with Crippen LogP contribution in [0.5, 0.6) is 0 Å².